The van der Waals surface area contributed by atoms with Crippen molar-refractivity contribution in [2.24, 2.45) is 10.9 Å². The number of nitrogens with two attached hydrogens (primary N) is 1. The fourth-order valence-electron chi connectivity index (χ4n) is 2.00. The molecular weight excluding hydrogens is 266 g/mol. The summed E-state index contributed by atoms with van der Waals surface area (Å²) in [5, 5.41) is 14.6. The Morgan fingerprint density at radius 2 is 1.76 bits per heavy atom. The Morgan fingerprint density at radius 1 is 1.14 bits per heavy atom. The maximum absolute atomic E-state index is 12.3. The van der Waals surface area contributed by atoms with Crippen molar-refractivity contribution in [3.63, 3.8) is 0 Å². The highest BCUT2D eigenvalue weighted by Gasteiger charge is 2.17. The van der Waals surface area contributed by atoms with Gasteiger partial charge in [0.1, 0.15) is 0 Å². The minimum atomic E-state index is -0.299. The molecule has 0 fully saturated rings. The lowest BCUT2D eigenvalue weighted by Gasteiger charge is -2.14. The third kappa shape index (κ3) is 3.39. The number of oxime groups is 1. The Balaban J connectivity index is 2.21. The van der Waals surface area contributed by atoms with Crippen LogP contribution in [0.2, 0.25) is 0 Å². The van der Waals surface area contributed by atoms with Gasteiger partial charge in [-0.15, -0.1) is 0 Å². The number of carbonyl (C=O) groups is 1. The van der Waals surface area contributed by atoms with Crippen molar-refractivity contribution in [3.05, 3.63) is 65.7 Å². The summed E-state index contributed by atoms with van der Waals surface area (Å²) >= 11 is 0. The zero-order valence-corrected chi connectivity index (χ0v) is 11.7. The van der Waals surface area contributed by atoms with E-state index in [1.165, 1.54) is 0 Å². The summed E-state index contributed by atoms with van der Waals surface area (Å²) in [5.41, 5.74) is 7.53. The lowest BCUT2D eigenvalue weighted by molar-refractivity contribution is -0.117. The van der Waals surface area contributed by atoms with Gasteiger partial charge in [0.15, 0.2) is 5.84 Å². The fraction of sp³-hybridized carbons (Fsp3) is 0.125. The average molecular weight is 283 g/mol. The molecule has 5 nitrogen and oxygen atoms in total. The average Bonchev–Trinajstić information content (AvgIpc) is 2.54. The molecule has 0 aliphatic rings. The van der Waals surface area contributed by atoms with Crippen molar-refractivity contribution in [2.75, 3.05) is 5.32 Å². The maximum Gasteiger partial charge on any atom is 0.231 e. The van der Waals surface area contributed by atoms with E-state index in [1.807, 2.05) is 37.3 Å². The predicted octanol–water partition coefficient (Wildman–Crippen LogP) is 2.52. The van der Waals surface area contributed by atoms with E-state index in [4.69, 9.17) is 10.9 Å². The molecule has 0 heterocycles. The van der Waals surface area contributed by atoms with E-state index in [-0.39, 0.29) is 17.7 Å². The summed E-state index contributed by atoms with van der Waals surface area (Å²) < 4.78 is 0. The van der Waals surface area contributed by atoms with E-state index < -0.39 is 0 Å². The molecule has 4 N–H and O–H groups in total. The van der Waals surface area contributed by atoms with Crippen molar-refractivity contribution in [1.29, 1.82) is 0 Å². The molecule has 21 heavy (non-hydrogen) atoms. The maximum atomic E-state index is 12.3. The van der Waals surface area contributed by atoms with E-state index in [1.54, 1.807) is 24.3 Å². The number of carbonyl (C=O) groups excluding carboxylic acids is 1. The molecule has 0 saturated heterocycles. The largest absolute Gasteiger partial charge is 0.409 e. The molecule has 0 aromatic heterocycles. The van der Waals surface area contributed by atoms with Gasteiger partial charge in [0, 0.05) is 5.56 Å². The molecule has 0 spiro atoms. The minimum Gasteiger partial charge on any atom is -0.409 e. The number of hydrogen-bond acceptors (Lipinski definition) is 3. The highest BCUT2D eigenvalue weighted by Crippen LogP contribution is 2.20. The Kier molecular flexibility index (Phi) is 4.56. The summed E-state index contributed by atoms with van der Waals surface area (Å²) in [6, 6.07) is 16.4. The van der Waals surface area contributed by atoms with Crippen LogP contribution in [0, 0.1) is 0 Å². The van der Waals surface area contributed by atoms with E-state index in [0.29, 0.717) is 11.3 Å². The molecule has 108 valence electrons. The van der Waals surface area contributed by atoms with Crippen LogP contribution in [0.15, 0.2) is 59.8 Å². The summed E-state index contributed by atoms with van der Waals surface area (Å²) in [5.74, 6) is -0.496. The minimum absolute atomic E-state index is 0.0433. The van der Waals surface area contributed by atoms with Crippen LogP contribution in [0.3, 0.4) is 0 Å². The molecule has 0 bridgehead atoms. The van der Waals surface area contributed by atoms with Crippen LogP contribution < -0.4 is 11.1 Å². The number of rotatable bonds is 4. The van der Waals surface area contributed by atoms with Gasteiger partial charge in [-0.05, 0) is 24.6 Å². The zero-order chi connectivity index (χ0) is 15.2. The van der Waals surface area contributed by atoms with Crippen LogP contribution in [0.4, 0.5) is 5.69 Å². The molecular formula is C16H17N3O2. The van der Waals surface area contributed by atoms with Gasteiger partial charge < -0.3 is 16.3 Å². The SMILES string of the molecule is CC(C(=O)Nc1ccccc1/C(N)=N/O)c1ccccc1. The van der Waals surface area contributed by atoms with Crippen LogP contribution in [-0.4, -0.2) is 17.0 Å². The van der Waals surface area contributed by atoms with Crippen molar-refractivity contribution in [1.82, 2.24) is 0 Å². The first-order valence-corrected chi connectivity index (χ1v) is 6.56. The number of anilines is 1. The molecule has 2 aromatic rings. The van der Waals surface area contributed by atoms with Crippen molar-refractivity contribution in [2.45, 2.75) is 12.8 Å². The first-order valence-electron chi connectivity index (χ1n) is 6.56. The van der Waals surface area contributed by atoms with E-state index in [9.17, 15) is 4.79 Å². The van der Waals surface area contributed by atoms with Crippen LogP contribution in [0.1, 0.15) is 24.0 Å². The molecule has 2 rings (SSSR count). The second kappa shape index (κ2) is 6.56. The summed E-state index contributed by atoms with van der Waals surface area (Å²) in [6.07, 6.45) is 0. The summed E-state index contributed by atoms with van der Waals surface area (Å²) in [4.78, 5) is 12.3. The number of nitrogens with one attached hydrogen (secondary N) is 1. The predicted molar refractivity (Wildman–Crippen MR) is 82.4 cm³/mol. The van der Waals surface area contributed by atoms with Crippen LogP contribution in [0.25, 0.3) is 0 Å². The van der Waals surface area contributed by atoms with Gasteiger partial charge in [-0.1, -0.05) is 47.6 Å². The number of hydrogen-bond donors (Lipinski definition) is 3. The van der Waals surface area contributed by atoms with Gasteiger partial charge in [0.25, 0.3) is 0 Å². The summed E-state index contributed by atoms with van der Waals surface area (Å²) in [6.45, 7) is 1.83. The fourth-order valence-corrected chi connectivity index (χ4v) is 2.00. The normalized spacial score (nSPS) is 12.7. The van der Waals surface area contributed by atoms with Gasteiger partial charge in [0.2, 0.25) is 5.91 Å². The zero-order valence-electron chi connectivity index (χ0n) is 11.7. The number of para-hydroxylation sites is 1. The number of amides is 1. The molecule has 0 aliphatic carbocycles. The van der Waals surface area contributed by atoms with Crippen LogP contribution in [0.5, 0.6) is 0 Å². The number of benzene rings is 2. The third-order valence-electron chi connectivity index (χ3n) is 3.26. The Labute approximate surface area is 123 Å². The molecule has 0 radical (unpaired) electrons. The van der Waals surface area contributed by atoms with Crippen molar-refractivity contribution in [3.8, 4) is 0 Å². The Morgan fingerprint density at radius 3 is 2.43 bits per heavy atom. The van der Waals surface area contributed by atoms with Gasteiger partial charge in [-0.25, -0.2) is 0 Å². The van der Waals surface area contributed by atoms with Crippen LogP contribution in [-0.2, 0) is 4.79 Å². The molecule has 1 amide bonds. The van der Waals surface area contributed by atoms with E-state index in [0.717, 1.165) is 5.56 Å². The third-order valence-corrected chi connectivity index (χ3v) is 3.26. The molecule has 0 aliphatic heterocycles. The molecule has 1 atom stereocenters. The highest BCUT2D eigenvalue weighted by molar-refractivity contribution is 6.06. The Hall–Kier alpha value is -2.82. The first kappa shape index (κ1) is 14.6. The lowest BCUT2D eigenvalue weighted by Crippen LogP contribution is -2.22. The number of nitrogens with zero attached hydrogens (tertiary/aromatic N) is 1. The van der Waals surface area contributed by atoms with Crippen molar-refractivity contribution >= 4 is 17.4 Å². The van der Waals surface area contributed by atoms with Crippen LogP contribution >= 0.6 is 0 Å². The second-order valence-electron chi connectivity index (χ2n) is 4.65. The van der Waals surface area contributed by atoms with Crippen molar-refractivity contribution < 1.29 is 10.0 Å². The summed E-state index contributed by atoms with van der Waals surface area (Å²) in [7, 11) is 0. The molecule has 0 saturated carbocycles. The Bertz CT molecular complexity index is 654. The van der Waals surface area contributed by atoms with E-state index in [2.05, 4.69) is 10.5 Å². The topological polar surface area (TPSA) is 87.7 Å². The molecule has 2 aromatic carbocycles. The monoisotopic (exact) mass is 283 g/mol. The highest BCUT2D eigenvalue weighted by atomic mass is 16.4. The smallest absolute Gasteiger partial charge is 0.231 e. The quantitative estimate of drug-likeness (QED) is 0.349. The molecule has 5 heteroatoms. The lowest BCUT2D eigenvalue weighted by atomic mass is 10.00. The standard InChI is InChI=1S/C16H17N3O2/c1-11(12-7-3-2-4-8-12)16(20)18-14-10-6-5-9-13(14)15(17)19-21/h2-11,21H,1H3,(H2,17,19)(H,18,20). The van der Waals surface area contributed by atoms with Gasteiger partial charge in [-0.2, -0.15) is 0 Å². The number of amidine groups is 1. The second-order valence-corrected chi connectivity index (χ2v) is 4.65. The van der Waals surface area contributed by atoms with E-state index >= 15 is 0 Å². The van der Waals surface area contributed by atoms with Gasteiger partial charge >= 0.3 is 0 Å². The van der Waals surface area contributed by atoms with Gasteiger partial charge in [-0.3, -0.25) is 4.79 Å². The molecule has 1 unspecified atom stereocenters. The van der Waals surface area contributed by atoms with Gasteiger partial charge in [0.05, 0.1) is 11.6 Å². The first-order chi connectivity index (χ1) is 10.1.